The van der Waals surface area contributed by atoms with Gasteiger partial charge in [0.1, 0.15) is 5.82 Å². The molecule has 1 unspecified atom stereocenters. The molecule has 1 atom stereocenters. The Morgan fingerprint density at radius 3 is 2.71 bits per heavy atom. The van der Waals surface area contributed by atoms with E-state index in [1.165, 1.54) is 5.56 Å². The second-order valence-electron chi connectivity index (χ2n) is 5.07. The second-order valence-corrected chi connectivity index (χ2v) is 5.51. The Morgan fingerprint density at radius 2 is 2.10 bits per heavy atom. The minimum absolute atomic E-state index is 0.263. The van der Waals surface area contributed by atoms with Crippen molar-refractivity contribution in [2.45, 2.75) is 26.4 Å². The fraction of sp³-hybridized carbons (Fsp3) is 0.375. The largest absolute Gasteiger partial charge is 0.369 e. The number of halogens is 1. The molecule has 1 aromatic heterocycles. The number of nitrogens with one attached hydrogen (secondary N) is 1. The SMILES string of the molecule is CCNc1cnc(CN(C)C(C)c2cccc(Cl)c2)cn1. The van der Waals surface area contributed by atoms with Crippen molar-refractivity contribution in [1.29, 1.82) is 0 Å². The second kappa shape index (κ2) is 7.38. The lowest BCUT2D eigenvalue weighted by Gasteiger charge is -2.24. The number of aromatic nitrogens is 2. The Kier molecular flexibility index (Phi) is 5.53. The van der Waals surface area contributed by atoms with Gasteiger partial charge in [-0.05, 0) is 38.6 Å². The third-order valence-corrected chi connectivity index (χ3v) is 3.70. The topological polar surface area (TPSA) is 41.1 Å². The number of anilines is 1. The van der Waals surface area contributed by atoms with Gasteiger partial charge in [0.25, 0.3) is 0 Å². The van der Waals surface area contributed by atoms with Crippen molar-refractivity contribution in [3.8, 4) is 0 Å². The van der Waals surface area contributed by atoms with Crippen molar-refractivity contribution in [1.82, 2.24) is 14.9 Å². The van der Waals surface area contributed by atoms with Crippen LogP contribution in [0.5, 0.6) is 0 Å². The first-order valence-corrected chi connectivity index (χ1v) is 7.48. The van der Waals surface area contributed by atoms with Crippen LogP contribution in [0.1, 0.15) is 31.1 Å². The summed E-state index contributed by atoms with van der Waals surface area (Å²) >= 11 is 6.05. The molecule has 2 aromatic rings. The third-order valence-electron chi connectivity index (χ3n) is 3.47. The number of nitrogens with zero attached hydrogens (tertiary/aromatic N) is 3. The van der Waals surface area contributed by atoms with Crippen LogP contribution in [0.2, 0.25) is 5.02 Å². The van der Waals surface area contributed by atoms with Crippen LogP contribution in [0, 0.1) is 0 Å². The van der Waals surface area contributed by atoms with Crippen molar-refractivity contribution in [3.05, 3.63) is 52.9 Å². The third kappa shape index (κ3) is 4.41. The molecule has 0 aliphatic heterocycles. The molecule has 1 aromatic carbocycles. The van der Waals surface area contributed by atoms with E-state index < -0.39 is 0 Å². The number of rotatable bonds is 6. The van der Waals surface area contributed by atoms with Crippen molar-refractivity contribution < 1.29 is 0 Å². The molecule has 0 bridgehead atoms. The maximum Gasteiger partial charge on any atom is 0.144 e. The van der Waals surface area contributed by atoms with Crippen LogP contribution in [0.15, 0.2) is 36.7 Å². The van der Waals surface area contributed by atoms with E-state index in [-0.39, 0.29) is 6.04 Å². The highest BCUT2D eigenvalue weighted by atomic mass is 35.5. The highest BCUT2D eigenvalue weighted by Gasteiger charge is 2.13. The van der Waals surface area contributed by atoms with Gasteiger partial charge in [0.05, 0.1) is 18.1 Å². The Bertz CT molecular complexity index is 571. The normalized spacial score (nSPS) is 12.4. The summed E-state index contributed by atoms with van der Waals surface area (Å²) in [7, 11) is 2.07. The summed E-state index contributed by atoms with van der Waals surface area (Å²) < 4.78 is 0. The predicted octanol–water partition coefficient (Wildman–Crippen LogP) is 3.75. The fourth-order valence-corrected chi connectivity index (χ4v) is 2.32. The number of benzene rings is 1. The molecule has 1 heterocycles. The molecule has 112 valence electrons. The molecule has 0 saturated carbocycles. The van der Waals surface area contributed by atoms with E-state index in [1.54, 1.807) is 6.20 Å². The van der Waals surface area contributed by atoms with E-state index in [4.69, 9.17) is 11.6 Å². The first kappa shape index (κ1) is 15.7. The van der Waals surface area contributed by atoms with Crippen LogP contribution >= 0.6 is 11.6 Å². The van der Waals surface area contributed by atoms with Gasteiger partial charge >= 0.3 is 0 Å². The molecule has 1 N–H and O–H groups in total. The zero-order valence-electron chi connectivity index (χ0n) is 12.7. The molecule has 0 amide bonds. The predicted molar refractivity (Wildman–Crippen MR) is 87.5 cm³/mol. The maximum absolute atomic E-state index is 6.05. The van der Waals surface area contributed by atoms with Crippen LogP contribution < -0.4 is 5.32 Å². The molecule has 0 saturated heterocycles. The Labute approximate surface area is 131 Å². The van der Waals surface area contributed by atoms with Crippen molar-refractivity contribution in [2.75, 3.05) is 18.9 Å². The average Bonchev–Trinajstić information content (AvgIpc) is 2.48. The summed E-state index contributed by atoms with van der Waals surface area (Å²) in [6.45, 7) is 5.79. The number of hydrogen-bond donors (Lipinski definition) is 1. The summed E-state index contributed by atoms with van der Waals surface area (Å²) in [6, 6.07) is 8.23. The van der Waals surface area contributed by atoms with E-state index in [9.17, 15) is 0 Å². The van der Waals surface area contributed by atoms with Gasteiger partial charge in [-0.1, -0.05) is 23.7 Å². The van der Waals surface area contributed by atoms with E-state index in [1.807, 2.05) is 31.3 Å². The molecule has 21 heavy (non-hydrogen) atoms. The molecular formula is C16H21ClN4. The zero-order valence-corrected chi connectivity index (χ0v) is 13.4. The Morgan fingerprint density at radius 1 is 1.29 bits per heavy atom. The highest BCUT2D eigenvalue weighted by Crippen LogP contribution is 2.22. The first-order chi connectivity index (χ1) is 10.1. The summed E-state index contributed by atoms with van der Waals surface area (Å²) in [5, 5.41) is 3.91. The molecule has 0 aliphatic carbocycles. The van der Waals surface area contributed by atoms with Crippen LogP contribution in [0.25, 0.3) is 0 Å². The lowest BCUT2D eigenvalue weighted by Crippen LogP contribution is -2.22. The summed E-state index contributed by atoms with van der Waals surface area (Å²) in [4.78, 5) is 11.0. The molecule has 4 nitrogen and oxygen atoms in total. The first-order valence-electron chi connectivity index (χ1n) is 7.10. The minimum Gasteiger partial charge on any atom is -0.369 e. The van der Waals surface area contributed by atoms with Gasteiger partial charge in [0.2, 0.25) is 0 Å². The van der Waals surface area contributed by atoms with Crippen LogP contribution in [0.3, 0.4) is 0 Å². The molecule has 0 fully saturated rings. The molecule has 0 spiro atoms. The zero-order chi connectivity index (χ0) is 15.2. The van der Waals surface area contributed by atoms with Gasteiger partial charge in [-0.2, -0.15) is 0 Å². The summed E-state index contributed by atoms with van der Waals surface area (Å²) in [5.74, 6) is 0.812. The molecular weight excluding hydrogens is 284 g/mol. The van der Waals surface area contributed by atoms with Gasteiger partial charge < -0.3 is 5.32 Å². The number of hydrogen-bond acceptors (Lipinski definition) is 4. The highest BCUT2D eigenvalue weighted by molar-refractivity contribution is 6.30. The Hall–Kier alpha value is -1.65. The van der Waals surface area contributed by atoms with Crippen LogP contribution in [-0.4, -0.2) is 28.5 Å². The lowest BCUT2D eigenvalue weighted by molar-refractivity contribution is 0.250. The van der Waals surface area contributed by atoms with E-state index >= 15 is 0 Å². The van der Waals surface area contributed by atoms with Crippen LogP contribution in [-0.2, 0) is 6.54 Å². The van der Waals surface area contributed by atoms with E-state index in [0.717, 1.165) is 29.6 Å². The quantitative estimate of drug-likeness (QED) is 0.882. The standard InChI is InChI=1S/C16H21ClN4/c1-4-18-16-10-19-15(9-20-16)11-21(3)12(2)13-6-5-7-14(17)8-13/h5-10,12H,4,11H2,1-3H3,(H,18,20). The smallest absolute Gasteiger partial charge is 0.144 e. The van der Waals surface area contributed by atoms with Gasteiger partial charge in [-0.15, -0.1) is 0 Å². The van der Waals surface area contributed by atoms with E-state index in [2.05, 4.69) is 40.2 Å². The average molecular weight is 305 g/mol. The van der Waals surface area contributed by atoms with Gasteiger partial charge in [-0.25, -0.2) is 4.98 Å². The molecule has 5 heteroatoms. The molecule has 0 aliphatic rings. The summed E-state index contributed by atoms with van der Waals surface area (Å²) in [5.41, 5.74) is 2.15. The molecule has 2 rings (SSSR count). The minimum atomic E-state index is 0.263. The Balaban J connectivity index is 2.01. The van der Waals surface area contributed by atoms with Gasteiger partial charge in [-0.3, -0.25) is 9.88 Å². The maximum atomic E-state index is 6.05. The van der Waals surface area contributed by atoms with Crippen molar-refractivity contribution >= 4 is 17.4 Å². The molecule has 0 radical (unpaired) electrons. The van der Waals surface area contributed by atoms with Crippen molar-refractivity contribution in [3.63, 3.8) is 0 Å². The monoisotopic (exact) mass is 304 g/mol. The summed E-state index contributed by atoms with van der Waals surface area (Å²) in [6.07, 6.45) is 3.59. The van der Waals surface area contributed by atoms with Gasteiger partial charge in [0.15, 0.2) is 0 Å². The fourth-order valence-electron chi connectivity index (χ4n) is 2.12. The van der Waals surface area contributed by atoms with Crippen molar-refractivity contribution in [2.24, 2.45) is 0 Å². The van der Waals surface area contributed by atoms with Gasteiger partial charge in [0, 0.05) is 24.2 Å². The van der Waals surface area contributed by atoms with Crippen LogP contribution in [0.4, 0.5) is 5.82 Å². The van der Waals surface area contributed by atoms with E-state index in [0.29, 0.717) is 0 Å². The lowest BCUT2D eigenvalue weighted by atomic mass is 10.1.